The molecular formula is C15H19N3OS. The summed E-state index contributed by atoms with van der Waals surface area (Å²) in [5.74, 6) is 0.876. The summed E-state index contributed by atoms with van der Waals surface area (Å²) < 4.78 is 1.91. The summed E-state index contributed by atoms with van der Waals surface area (Å²) in [6.07, 6.45) is 4.24. The standard InChI is InChI=1S/C15H19N3OS/c1-17-9-8-16-14(17)11-18(2)15(19)13(20)10-12-6-4-3-5-7-12/h3-9,13,20H,10-11H2,1-2H3. The molecule has 2 rings (SSSR count). The van der Waals surface area contributed by atoms with E-state index < -0.39 is 0 Å². The molecule has 20 heavy (non-hydrogen) atoms. The monoisotopic (exact) mass is 289 g/mol. The second-order valence-electron chi connectivity index (χ2n) is 4.85. The summed E-state index contributed by atoms with van der Waals surface area (Å²) in [4.78, 5) is 18.2. The van der Waals surface area contributed by atoms with Gasteiger partial charge in [-0.05, 0) is 12.0 Å². The van der Waals surface area contributed by atoms with Crippen molar-refractivity contribution in [2.24, 2.45) is 7.05 Å². The van der Waals surface area contributed by atoms with Crippen molar-refractivity contribution in [1.29, 1.82) is 0 Å². The molecule has 1 unspecified atom stereocenters. The van der Waals surface area contributed by atoms with Gasteiger partial charge in [-0.2, -0.15) is 12.6 Å². The van der Waals surface area contributed by atoms with Gasteiger partial charge in [-0.15, -0.1) is 0 Å². The smallest absolute Gasteiger partial charge is 0.235 e. The molecule has 0 saturated heterocycles. The molecule has 1 heterocycles. The van der Waals surface area contributed by atoms with Crippen molar-refractivity contribution in [1.82, 2.24) is 14.5 Å². The molecule has 1 aromatic heterocycles. The van der Waals surface area contributed by atoms with Crippen LogP contribution < -0.4 is 0 Å². The zero-order valence-electron chi connectivity index (χ0n) is 11.7. The Morgan fingerprint density at radius 2 is 2.10 bits per heavy atom. The number of amides is 1. The van der Waals surface area contributed by atoms with Crippen molar-refractivity contribution < 1.29 is 4.79 Å². The summed E-state index contributed by atoms with van der Waals surface area (Å²) in [6, 6.07) is 9.92. The highest BCUT2D eigenvalue weighted by atomic mass is 32.1. The van der Waals surface area contributed by atoms with E-state index in [2.05, 4.69) is 17.6 Å². The average Bonchev–Trinajstić information content (AvgIpc) is 2.84. The molecular weight excluding hydrogens is 270 g/mol. The van der Waals surface area contributed by atoms with E-state index in [1.54, 1.807) is 18.1 Å². The Balaban J connectivity index is 1.94. The average molecular weight is 289 g/mol. The number of rotatable bonds is 5. The third-order valence-electron chi connectivity index (χ3n) is 3.23. The van der Waals surface area contributed by atoms with E-state index in [4.69, 9.17) is 0 Å². The minimum Gasteiger partial charge on any atom is -0.337 e. The van der Waals surface area contributed by atoms with E-state index >= 15 is 0 Å². The minimum atomic E-state index is -0.331. The lowest BCUT2D eigenvalue weighted by molar-refractivity contribution is -0.129. The van der Waals surface area contributed by atoms with Gasteiger partial charge in [-0.25, -0.2) is 4.98 Å². The fourth-order valence-corrected chi connectivity index (χ4v) is 2.43. The lowest BCUT2D eigenvalue weighted by Crippen LogP contribution is -2.35. The third-order valence-corrected chi connectivity index (χ3v) is 3.64. The summed E-state index contributed by atoms with van der Waals surface area (Å²) in [5, 5.41) is -0.331. The van der Waals surface area contributed by atoms with Crippen LogP contribution in [-0.4, -0.2) is 32.7 Å². The number of carbonyl (C=O) groups excluding carboxylic acids is 1. The largest absolute Gasteiger partial charge is 0.337 e. The third kappa shape index (κ3) is 3.63. The molecule has 0 N–H and O–H groups in total. The first-order valence-corrected chi connectivity index (χ1v) is 7.02. The first kappa shape index (κ1) is 14.7. The molecule has 1 amide bonds. The van der Waals surface area contributed by atoms with Crippen molar-refractivity contribution >= 4 is 18.5 Å². The van der Waals surface area contributed by atoms with Crippen LogP contribution in [0.4, 0.5) is 0 Å². The summed E-state index contributed by atoms with van der Waals surface area (Å²) in [5.41, 5.74) is 1.12. The van der Waals surface area contributed by atoms with Crippen molar-refractivity contribution in [2.75, 3.05) is 7.05 Å². The number of nitrogens with zero attached hydrogens (tertiary/aromatic N) is 3. The van der Waals surface area contributed by atoms with E-state index in [0.29, 0.717) is 13.0 Å². The molecule has 106 valence electrons. The predicted molar refractivity (Wildman–Crippen MR) is 82.6 cm³/mol. The van der Waals surface area contributed by atoms with Crippen LogP contribution in [0.25, 0.3) is 0 Å². The number of aryl methyl sites for hydroxylation is 1. The second-order valence-corrected chi connectivity index (χ2v) is 5.48. The zero-order chi connectivity index (χ0) is 14.5. The number of hydrogen-bond acceptors (Lipinski definition) is 3. The molecule has 0 aliphatic carbocycles. The Labute approximate surface area is 124 Å². The fraction of sp³-hybridized carbons (Fsp3) is 0.333. The van der Waals surface area contributed by atoms with Gasteiger partial charge >= 0.3 is 0 Å². The Hall–Kier alpha value is -1.75. The molecule has 0 saturated carbocycles. The van der Waals surface area contributed by atoms with Crippen molar-refractivity contribution in [3.05, 3.63) is 54.1 Å². The van der Waals surface area contributed by atoms with Crippen LogP contribution in [0.1, 0.15) is 11.4 Å². The molecule has 0 bridgehead atoms. The molecule has 4 nitrogen and oxygen atoms in total. The van der Waals surface area contributed by atoms with E-state index in [0.717, 1.165) is 11.4 Å². The van der Waals surface area contributed by atoms with Gasteiger partial charge in [0.25, 0.3) is 0 Å². The summed E-state index contributed by atoms with van der Waals surface area (Å²) in [6.45, 7) is 0.494. The molecule has 0 radical (unpaired) electrons. The van der Waals surface area contributed by atoms with E-state index in [9.17, 15) is 4.79 Å². The highest BCUT2D eigenvalue weighted by Crippen LogP contribution is 2.11. The first-order valence-electron chi connectivity index (χ1n) is 6.51. The van der Waals surface area contributed by atoms with Crippen LogP contribution in [0.2, 0.25) is 0 Å². The lowest BCUT2D eigenvalue weighted by atomic mass is 10.1. The zero-order valence-corrected chi connectivity index (χ0v) is 12.6. The fourth-order valence-electron chi connectivity index (χ4n) is 2.02. The molecule has 0 aliphatic heterocycles. The SMILES string of the molecule is CN(Cc1nccn1C)C(=O)C(S)Cc1ccccc1. The number of aromatic nitrogens is 2. The summed E-state index contributed by atoms with van der Waals surface area (Å²) >= 11 is 4.43. The van der Waals surface area contributed by atoms with Crippen LogP contribution in [-0.2, 0) is 24.8 Å². The van der Waals surface area contributed by atoms with Gasteiger partial charge in [0.15, 0.2) is 0 Å². The number of benzene rings is 1. The van der Waals surface area contributed by atoms with Gasteiger partial charge in [-0.3, -0.25) is 4.79 Å². The molecule has 0 aliphatic rings. The van der Waals surface area contributed by atoms with Gasteiger partial charge < -0.3 is 9.47 Å². The van der Waals surface area contributed by atoms with Gasteiger partial charge in [0.1, 0.15) is 5.82 Å². The second kappa shape index (κ2) is 6.61. The topological polar surface area (TPSA) is 38.1 Å². The Kier molecular flexibility index (Phi) is 4.84. The molecule has 0 fully saturated rings. The Morgan fingerprint density at radius 1 is 1.40 bits per heavy atom. The number of carbonyl (C=O) groups is 1. The quantitative estimate of drug-likeness (QED) is 0.854. The van der Waals surface area contributed by atoms with Gasteiger partial charge in [0.05, 0.1) is 11.8 Å². The maximum atomic E-state index is 12.3. The maximum Gasteiger partial charge on any atom is 0.235 e. The van der Waals surface area contributed by atoms with E-state index in [1.165, 1.54) is 0 Å². The van der Waals surface area contributed by atoms with E-state index in [-0.39, 0.29) is 11.2 Å². The van der Waals surface area contributed by atoms with Crippen LogP contribution in [0.15, 0.2) is 42.7 Å². The lowest BCUT2D eigenvalue weighted by Gasteiger charge is -2.20. The van der Waals surface area contributed by atoms with Gasteiger partial charge in [0.2, 0.25) is 5.91 Å². The van der Waals surface area contributed by atoms with Crippen molar-refractivity contribution in [3.63, 3.8) is 0 Å². The van der Waals surface area contributed by atoms with Crippen LogP contribution in [0.5, 0.6) is 0 Å². The minimum absolute atomic E-state index is 0.0141. The number of thiol groups is 1. The first-order chi connectivity index (χ1) is 9.58. The summed E-state index contributed by atoms with van der Waals surface area (Å²) in [7, 11) is 3.70. The molecule has 0 spiro atoms. The van der Waals surface area contributed by atoms with Gasteiger partial charge in [0, 0.05) is 26.5 Å². The van der Waals surface area contributed by atoms with Gasteiger partial charge in [-0.1, -0.05) is 30.3 Å². The normalized spacial score (nSPS) is 12.2. The Morgan fingerprint density at radius 3 is 2.70 bits per heavy atom. The number of imidazole rings is 1. The molecule has 2 aromatic rings. The Bertz CT molecular complexity index is 568. The van der Waals surface area contributed by atoms with Crippen molar-refractivity contribution in [2.45, 2.75) is 18.2 Å². The molecule has 1 atom stereocenters. The highest BCUT2D eigenvalue weighted by molar-refractivity contribution is 7.81. The van der Waals surface area contributed by atoms with E-state index in [1.807, 2.05) is 48.1 Å². The van der Waals surface area contributed by atoms with Crippen LogP contribution in [0.3, 0.4) is 0 Å². The molecule has 1 aromatic carbocycles. The number of hydrogen-bond donors (Lipinski definition) is 1. The predicted octanol–water partition coefficient (Wildman–Crippen LogP) is 1.92. The maximum absolute atomic E-state index is 12.3. The van der Waals surface area contributed by atoms with Crippen LogP contribution in [0, 0.1) is 0 Å². The highest BCUT2D eigenvalue weighted by Gasteiger charge is 2.19. The molecule has 5 heteroatoms. The van der Waals surface area contributed by atoms with Crippen LogP contribution >= 0.6 is 12.6 Å². The van der Waals surface area contributed by atoms with Crippen molar-refractivity contribution in [3.8, 4) is 0 Å².